The Bertz CT molecular complexity index is 672. The van der Waals surface area contributed by atoms with Crippen molar-refractivity contribution in [2.75, 3.05) is 0 Å². The van der Waals surface area contributed by atoms with Crippen LogP contribution in [0.4, 0.5) is 0 Å². The fraction of sp³-hybridized carbons (Fsp3) is 0.111. The highest BCUT2D eigenvalue weighted by Gasteiger charge is 2.24. The molecule has 0 atom stereocenters. The molecular formula is C18H14. The smallest absolute Gasteiger partial charge is 0.00424 e. The van der Waals surface area contributed by atoms with Gasteiger partial charge in [0.05, 0.1) is 0 Å². The zero-order valence-electron chi connectivity index (χ0n) is 10.2. The molecule has 0 heterocycles. The van der Waals surface area contributed by atoms with E-state index >= 15 is 0 Å². The van der Waals surface area contributed by atoms with Gasteiger partial charge in [0.1, 0.15) is 0 Å². The Morgan fingerprint density at radius 2 is 1.61 bits per heavy atom. The van der Waals surface area contributed by atoms with Crippen LogP contribution >= 0.6 is 0 Å². The quantitative estimate of drug-likeness (QED) is 0.670. The minimum Gasteiger partial charge on any atom is -0.0798 e. The number of rotatable bonds is 1. The molecule has 0 bridgehead atoms. The van der Waals surface area contributed by atoms with E-state index in [0.717, 1.165) is 12.8 Å². The summed E-state index contributed by atoms with van der Waals surface area (Å²) in [6, 6.07) is 17.4. The van der Waals surface area contributed by atoms with Gasteiger partial charge in [0.15, 0.2) is 0 Å². The molecule has 4 rings (SSSR count). The Hall–Kier alpha value is -2.08. The van der Waals surface area contributed by atoms with Gasteiger partial charge in [0.25, 0.3) is 0 Å². The van der Waals surface area contributed by atoms with Gasteiger partial charge in [-0.25, -0.2) is 0 Å². The third kappa shape index (κ3) is 1.32. The topological polar surface area (TPSA) is 0 Å². The molecule has 0 N–H and O–H groups in total. The summed E-state index contributed by atoms with van der Waals surface area (Å²) in [6.45, 7) is 0. The van der Waals surface area contributed by atoms with Crippen LogP contribution in [-0.2, 0) is 6.42 Å². The van der Waals surface area contributed by atoms with Crippen LogP contribution in [0.25, 0.3) is 16.7 Å². The van der Waals surface area contributed by atoms with Gasteiger partial charge in [0.2, 0.25) is 0 Å². The van der Waals surface area contributed by atoms with Crippen molar-refractivity contribution >= 4 is 5.57 Å². The summed E-state index contributed by atoms with van der Waals surface area (Å²) < 4.78 is 0. The molecule has 0 saturated carbocycles. The van der Waals surface area contributed by atoms with Crippen molar-refractivity contribution in [3.8, 4) is 11.1 Å². The van der Waals surface area contributed by atoms with Crippen molar-refractivity contribution in [3.05, 3.63) is 77.4 Å². The normalized spacial score (nSPS) is 16.0. The number of allylic oxidation sites excluding steroid dienone is 4. The van der Waals surface area contributed by atoms with Crippen LogP contribution in [0.5, 0.6) is 0 Å². The summed E-state index contributed by atoms with van der Waals surface area (Å²) in [6.07, 6.45) is 6.83. The molecule has 2 aromatic rings. The van der Waals surface area contributed by atoms with Gasteiger partial charge in [-0.15, -0.1) is 0 Å². The highest BCUT2D eigenvalue weighted by atomic mass is 14.3. The molecule has 2 aliphatic rings. The molecule has 86 valence electrons. The molecule has 0 nitrogen and oxygen atoms in total. The van der Waals surface area contributed by atoms with E-state index < -0.39 is 0 Å². The maximum absolute atomic E-state index is 2.29. The predicted octanol–water partition coefficient (Wildman–Crippen LogP) is 4.62. The summed E-state index contributed by atoms with van der Waals surface area (Å²) in [7, 11) is 0. The second kappa shape index (κ2) is 3.71. The number of hydrogen-bond donors (Lipinski definition) is 0. The standard InChI is InChI=1S/C18H14/c1-2-6-13(7-3-1)15-10-5-11-17-16-9-4-8-14(16)12-18(15)17/h1-7,9-11H,8,12H2. The molecule has 0 aromatic heterocycles. The van der Waals surface area contributed by atoms with E-state index in [1.54, 1.807) is 5.57 Å². The number of hydrogen-bond acceptors (Lipinski definition) is 0. The van der Waals surface area contributed by atoms with Crippen LogP contribution < -0.4 is 0 Å². The van der Waals surface area contributed by atoms with E-state index in [1.165, 1.54) is 27.8 Å². The zero-order valence-corrected chi connectivity index (χ0v) is 10.2. The van der Waals surface area contributed by atoms with Crippen LogP contribution in [0.2, 0.25) is 0 Å². The predicted molar refractivity (Wildman–Crippen MR) is 76.3 cm³/mol. The monoisotopic (exact) mass is 230 g/mol. The van der Waals surface area contributed by atoms with Crippen molar-refractivity contribution in [1.82, 2.24) is 0 Å². The highest BCUT2D eigenvalue weighted by Crippen LogP contribution is 2.42. The number of fused-ring (bicyclic) bond motifs is 2. The Balaban J connectivity index is 1.91. The highest BCUT2D eigenvalue weighted by molar-refractivity contribution is 5.89. The van der Waals surface area contributed by atoms with E-state index in [1.807, 2.05) is 0 Å². The SMILES string of the molecule is C1=CC2=C(C1)Cc1c2cccc1-c1ccccc1. The fourth-order valence-corrected chi connectivity index (χ4v) is 3.13. The molecule has 0 fully saturated rings. The van der Waals surface area contributed by atoms with E-state index in [0.29, 0.717) is 0 Å². The van der Waals surface area contributed by atoms with Crippen molar-refractivity contribution in [2.45, 2.75) is 12.8 Å². The maximum atomic E-state index is 2.29. The average Bonchev–Trinajstić information content (AvgIpc) is 3.00. The lowest BCUT2D eigenvalue weighted by Crippen LogP contribution is -1.90. The number of benzene rings is 2. The lowest BCUT2D eigenvalue weighted by molar-refractivity contribution is 1.12. The van der Waals surface area contributed by atoms with Crippen molar-refractivity contribution < 1.29 is 0 Å². The van der Waals surface area contributed by atoms with Crippen LogP contribution in [0.3, 0.4) is 0 Å². The van der Waals surface area contributed by atoms with Gasteiger partial charge >= 0.3 is 0 Å². The molecule has 2 aromatic carbocycles. The molecule has 2 aliphatic carbocycles. The minimum absolute atomic E-state index is 1.13. The molecular weight excluding hydrogens is 216 g/mol. The largest absolute Gasteiger partial charge is 0.0798 e. The second-order valence-electron chi connectivity index (χ2n) is 5.00. The zero-order chi connectivity index (χ0) is 11.9. The lowest BCUT2D eigenvalue weighted by atomic mass is 9.94. The first-order chi connectivity index (χ1) is 8.93. The molecule has 0 radical (unpaired) electrons. The minimum atomic E-state index is 1.13. The molecule has 0 unspecified atom stereocenters. The summed E-state index contributed by atoms with van der Waals surface area (Å²) in [5.74, 6) is 0. The first kappa shape index (κ1) is 9.90. The Morgan fingerprint density at radius 1 is 0.778 bits per heavy atom. The summed E-state index contributed by atoms with van der Waals surface area (Å²) >= 11 is 0. The Morgan fingerprint density at radius 3 is 2.50 bits per heavy atom. The Kier molecular flexibility index (Phi) is 2.04. The van der Waals surface area contributed by atoms with Gasteiger partial charge in [-0.1, -0.05) is 66.3 Å². The molecule has 0 spiro atoms. The van der Waals surface area contributed by atoms with Crippen molar-refractivity contribution in [1.29, 1.82) is 0 Å². The molecule has 18 heavy (non-hydrogen) atoms. The van der Waals surface area contributed by atoms with Crippen molar-refractivity contribution in [3.63, 3.8) is 0 Å². The fourth-order valence-electron chi connectivity index (χ4n) is 3.13. The first-order valence-corrected chi connectivity index (χ1v) is 6.50. The van der Waals surface area contributed by atoms with E-state index in [9.17, 15) is 0 Å². The van der Waals surface area contributed by atoms with E-state index in [2.05, 4.69) is 60.7 Å². The van der Waals surface area contributed by atoms with Crippen molar-refractivity contribution in [2.24, 2.45) is 0 Å². The second-order valence-corrected chi connectivity index (χ2v) is 5.00. The van der Waals surface area contributed by atoms with Crippen LogP contribution in [0, 0.1) is 0 Å². The van der Waals surface area contributed by atoms with E-state index in [4.69, 9.17) is 0 Å². The van der Waals surface area contributed by atoms with Crippen LogP contribution in [0.1, 0.15) is 17.5 Å². The molecule has 0 saturated heterocycles. The van der Waals surface area contributed by atoms with Gasteiger partial charge in [-0.3, -0.25) is 0 Å². The van der Waals surface area contributed by atoms with Gasteiger partial charge in [-0.2, -0.15) is 0 Å². The molecule has 0 amide bonds. The Labute approximate surface area is 107 Å². The van der Waals surface area contributed by atoms with Gasteiger partial charge < -0.3 is 0 Å². The van der Waals surface area contributed by atoms with E-state index in [-0.39, 0.29) is 0 Å². The average molecular weight is 230 g/mol. The first-order valence-electron chi connectivity index (χ1n) is 6.50. The summed E-state index contributed by atoms with van der Waals surface area (Å²) in [4.78, 5) is 0. The summed E-state index contributed by atoms with van der Waals surface area (Å²) in [5.41, 5.74) is 8.75. The van der Waals surface area contributed by atoms with Crippen LogP contribution in [0.15, 0.2) is 66.3 Å². The third-order valence-electron chi connectivity index (χ3n) is 3.97. The lowest BCUT2D eigenvalue weighted by Gasteiger charge is -2.10. The van der Waals surface area contributed by atoms with Gasteiger partial charge in [0, 0.05) is 0 Å². The third-order valence-corrected chi connectivity index (χ3v) is 3.97. The molecule has 0 aliphatic heterocycles. The maximum Gasteiger partial charge on any atom is -0.00424 e. The van der Waals surface area contributed by atoms with Crippen LogP contribution in [-0.4, -0.2) is 0 Å². The van der Waals surface area contributed by atoms with Gasteiger partial charge in [-0.05, 0) is 40.7 Å². The summed E-state index contributed by atoms with van der Waals surface area (Å²) in [5, 5.41) is 0. The molecule has 0 heteroatoms.